The summed E-state index contributed by atoms with van der Waals surface area (Å²) in [6.45, 7) is 16.5. The summed E-state index contributed by atoms with van der Waals surface area (Å²) >= 11 is 0. The quantitative estimate of drug-likeness (QED) is 0.486. The maximum absolute atomic E-state index is 2.38. The van der Waals surface area contributed by atoms with Gasteiger partial charge in [-0.3, -0.25) is 0 Å². The Balaban J connectivity index is 3.08. The molecule has 0 radical (unpaired) electrons. The van der Waals surface area contributed by atoms with Crippen molar-refractivity contribution in [3.05, 3.63) is 11.1 Å². The smallest absolute Gasteiger partial charge is 0.0170 e. The summed E-state index contributed by atoms with van der Waals surface area (Å²) < 4.78 is 0. The molecular formula is C14H26. The zero-order chi connectivity index (χ0) is 11.1. The van der Waals surface area contributed by atoms with Crippen LogP contribution in [-0.2, 0) is 0 Å². The predicted molar refractivity (Wildman–Crippen MR) is 64.3 cm³/mol. The molecule has 0 N–H and O–H groups in total. The minimum atomic E-state index is 0.368. The Morgan fingerprint density at radius 3 is 1.29 bits per heavy atom. The fraction of sp³-hybridized carbons (Fsp3) is 0.857. The molecule has 0 aliphatic heterocycles. The average molecular weight is 194 g/mol. The number of allylic oxidation sites excluding steroid dienone is 2. The van der Waals surface area contributed by atoms with Crippen molar-refractivity contribution in [1.82, 2.24) is 0 Å². The highest BCUT2D eigenvalue weighted by atomic mass is 14.4. The van der Waals surface area contributed by atoms with Crippen molar-refractivity contribution in [3.8, 4) is 0 Å². The molecule has 82 valence electrons. The molecule has 14 heavy (non-hydrogen) atoms. The summed E-state index contributed by atoms with van der Waals surface area (Å²) in [6.07, 6.45) is 2.63. The molecule has 0 aromatic carbocycles. The Morgan fingerprint density at radius 2 is 1.07 bits per heavy atom. The Bertz CT molecular complexity index is 216. The van der Waals surface area contributed by atoms with Crippen molar-refractivity contribution in [2.75, 3.05) is 0 Å². The zero-order valence-electron chi connectivity index (χ0n) is 11.0. The Labute approximate surface area is 89.8 Å². The number of rotatable bonds is 0. The molecule has 0 spiro atoms. The molecule has 1 rings (SSSR count). The molecule has 0 heterocycles. The van der Waals surface area contributed by atoms with Gasteiger partial charge in [0, 0.05) is 0 Å². The van der Waals surface area contributed by atoms with Gasteiger partial charge in [-0.15, -0.1) is 0 Å². The van der Waals surface area contributed by atoms with Crippen molar-refractivity contribution in [2.24, 2.45) is 16.7 Å². The molecule has 0 saturated carbocycles. The molecule has 0 bridgehead atoms. The van der Waals surface area contributed by atoms with Crippen LogP contribution in [0.1, 0.15) is 61.3 Å². The van der Waals surface area contributed by atoms with Crippen LogP contribution < -0.4 is 0 Å². The normalized spacial score (nSPS) is 20.8. The van der Waals surface area contributed by atoms with E-state index in [-0.39, 0.29) is 0 Å². The third kappa shape index (κ3) is 2.40. The Morgan fingerprint density at radius 1 is 0.786 bits per heavy atom. The minimum Gasteiger partial charge on any atom is -0.0648 e. The molecule has 0 unspecified atom stereocenters. The van der Waals surface area contributed by atoms with E-state index in [2.05, 4.69) is 48.5 Å². The van der Waals surface area contributed by atoms with E-state index >= 15 is 0 Å². The van der Waals surface area contributed by atoms with Crippen LogP contribution in [0.4, 0.5) is 0 Å². The van der Waals surface area contributed by atoms with Gasteiger partial charge in [0.15, 0.2) is 0 Å². The van der Waals surface area contributed by atoms with Crippen LogP contribution in [0.15, 0.2) is 11.1 Å². The maximum atomic E-state index is 2.38. The third-order valence-corrected chi connectivity index (χ3v) is 3.28. The zero-order valence-corrected chi connectivity index (χ0v) is 11.0. The SMILES string of the molecule is CC1CC(C(C)(C)C)=C(C(C)(C)C)C1. The molecule has 0 heteroatoms. The largest absolute Gasteiger partial charge is 0.0648 e. The number of hydrogen-bond donors (Lipinski definition) is 0. The van der Waals surface area contributed by atoms with E-state index in [0.717, 1.165) is 5.92 Å². The summed E-state index contributed by atoms with van der Waals surface area (Å²) in [4.78, 5) is 0. The van der Waals surface area contributed by atoms with Gasteiger partial charge in [-0.2, -0.15) is 0 Å². The van der Waals surface area contributed by atoms with E-state index in [1.807, 2.05) is 0 Å². The van der Waals surface area contributed by atoms with Gasteiger partial charge in [0.2, 0.25) is 0 Å². The first-order chi connectivity index (χ1) is 6.12. The Kier molecular flexibility index (Phi) is 2.87. The van der Waals surface area contributed by atoms with Gasteiger partial charge in [0.05, 0.1) is 0 Å². The first-order valence-electron chi connectivity index (χ1n) is 5.85. The van der Waals surface area contributed by atoms with Gasteiger partial charge < -0.3 is 0 Å². The van der Waals surface area contributed by atoms with Crippen molar-refractivity contribution >= 4 is 0 Å². The standard InChI is InChI=1S/C14H26/c1-10-8-11(13(2,3)4)12(9-10)14(5,6)7/h10H,8-9H2,1-7H3. The average Bonchev–Trinajstić information content (AvgIpc) is 2.27. The molecular weight excluding hydrogens is 168 g/mol. The lowest BCUT2D eigenvalue weighted by Gasteiger charge is -2.29. The highest BCUT2D eigenvalue weighted by molar-refractivity contribution is 5.29. The van der Waals surface area contributed by atoms with Crippen LogP contribution in [0, 0.1) is 16.7 Å². The summed E-state index contributed by atoms with van der Waals surface area (Å²) in [6, 6.07) is 0. The van der Waals surface area contributed by atoms with Crippen LogP contribution >= 0.6 is 0 Å². The van der Waals surface area contributed by atoms with Gasteiger partial charge in [0.1, 0.15) is 0 Å². The fourth-order valence-corrected chi connectivity index (χ4v) is 2.53. The van der Waals surface area contributed by atoms with E-state index in [4.69, 9.17) is 0 Å². The van der Waals surface area contributed by atoms with Crippen molar-refractivity contribution in [3.63, 3.8) is 0 Å². The molecule has 1 aliphatic carbocycles. The molecule has 0 atom stereocenters. The molecule has 0 aromatic heterocycles. The highest BCUT2D eigenvalue weighted by Gasteiger charge is 2.33. The minimum absolute atomic E-state index is 0.368. The van der Waals surface area contributed by atoms with Crippen molar-refractivity contribution in [2.45, 2.75) is 61.3 Å². The van der Waals surface area contributed by atoms with Gasteiger partial charge in [-0.05, 0) is 29.6 Å². The number of hydrogen-bond acceptors (Lipinski definition) is 0. The second-order valence-corrected chi connectivity index (χ2v) is 6.97. The van der Waals surface area contributed by atoms with E-state index in [9.17, 15) is 0 Å². The van der Waals surface area contributed by atoms with E-state index < -0.39 is 0 Å². The first-order valence-corrected chi connectivity index (χ1v) is 5.85. The Hall–Kier alpha value is -0.260. The lowest BCUT2D eigenvalue weighted by atomic mass is 9.76. The second-order valence-electron chi connectivity index (χ2n) is 6.97. The van der Waals surface area contributed by atoms with Crippen LogP contribution in [-0.4, -0.2) is 0 Å². The molecule has 0 fully saturated rings. The third-order valence-electron chi connectivity index (χ3n) is 3.28. The van der Waals surface area contributed by atoms with Crippen LogP contribution in [0.5, 0.6) is 0 Å². The van der Waals surface area contributed by atoms with Crippen LogP contribution in [0.3, 0.4) is 0 Å². The molecule has 0 aromatic rings. The monoisotopic (exact) mass is 194 g/mol. The van der Waals surface area contributed by atoms with Crippen LogP contribution in [0.25, 0.3) is 0 Å². The summed E-state index contributed by atoms with van der Waals surface area (Å²) in [5.41, 5.74) is 4.18. The molecule has 0 amide bonds. The highest BCUT2D eigenvalue weighted by Crippen LogP contribution is 2.47. The first kappa shape index (κ1) is 11.8. The molecule has 0 saturated heterocycles. The maximum Gasteiger partial charge on any atom is -0.0170 e. The van der Waals surface area contributed by atoms with Gasteiger partial charge in [-0.25, -0.2) is 0 Å². The van der Waals surface area contributed by atoms with Crippen molar-refractivity contribution in [1.29, 1.82) is 0 Å². The lowest BCUT2D eigenvalue weighted by molar-refractivity contribution is 0.445. The molecule has 0 nitrogen and oxygen atoms in total. The summed E-state index contributed by atoms with van der Waals surface area (Å²) in [5.74, 6) is 0.860. The topological polar surface area (TPSA) is 0 Å². The van der Waals surface area contributed by atoms with Crippen LogP contribution in [0.2, 0.25) is 0 Å². The summed E-state index contributed by atoms with van der Waals surface area (Å²) in [7, 11) is 0. The van der Waals surface area contributed by atoms with Gasteiger partial charge in [-0.1, -0.05) is 59.6 Å². The van der Waals surface area contributed by atoms with E-state index in [0.29, 0.717) is 10.8 Å². The predicted octanol–water partition coefficient (Wildman–Crippen LogP) is 4.81. The summed E-state index contributed by atoms with van der Waals surface area (Å²) in [5, 5.41) is 0. The fourth-order valence-electron chi connectivity index (χ4n) is 2.53. The second kappa shape index (κ2) is 3.40. The van der Waals surface area contributed by atoms with E-state index in [1.165, 1.54) is 12.8 Å². The van der Waals surface area contributed by atoms with E-state index in [1.54, 1.807) is 11.1 Å². The van der Waals surface area contributed by atoms with Gasteiger partial charge in [0.25, 0.3) is 0 Å². The lowest BCUT2D eigenvalue weighted by Crippen LogP contribution is -2.16. The van der Waals surface area contributed by atoms with Gasteiger partial charge >= 0.3 is 0 Å². The molecule has 1 aliphatic rings. The van der Waals surface area contributed by atoms with Crippen molar-refractivity contribution < 1.29 is 0 Å².